The highest BCUT2D eigenvalue weighted by Crippen LogP contribution is 2.30. The van der Waals surface area contributed by atoms with Crippen molar-refractivity contribution in [3.8, 4) is 6.07 Å². The maximum absolute atomic E-state index is 12.2. The number of aromatic nitrogens is 4. The van der Waals surface area contributed by atoms with E-state index in [1.165, 1.54) is 17.2 Å². The highest BCUT2D eigenvalue weighted by Gasteiger charge is 2.26. The molecule has 0 saturated carbocycles. The monoisotopic (exact) mass is 342 g/mol. The average molecular weight is 342 g/mol. The predicted molar refractivity (Wildman–Crippen MR) is 93.7 cm³/mol. The number of anilines is 1. The summed E-state index contributed by atoms with van der Waals surface area (Å²) >= 11 is 0. The lowest BCUT2D eigenvalue weighted by Gasteiger charge is -2.34. The summed E-state index contributed by atoms with van der Waals surface area (Å²) in [5.74, 6) is 0.837. The molecule has 2 aromatic rings. The summed E-state index contributed by atoms with van der Waals surface area (Å²) in [6.07, 6.45) is 5.78. The number of rotatable bonds is 3. The number of piperidine rings is 1. The Labute approximate surface area is 145 Å². The fourth-order valence-electron chi connectivity index (χ4n) is 3.49. The normalized spacial score (nSPS) is 15.4. The van der Waals surface area contributed by atoms with Gasteiger partial charge in [-0.2, -0.15) is 10.4 Å². The summed E-state index contributed by atoms with van der Waals surface area (Å²) in [6.45, 7) is 4.28. The van der Waals surface area contributed by atoms with Crippen molar-refractivity contribution in [3.05, 3.63) is 44.4 Å². The van der Waals surface area contributed by atoms with Crippen molar-refractivity contribution >= 4 is 5.82 Å². The molecule has 0 spiro atoms. The smallest absolute Gasteiger partial charge is 0.332 e. The van der Waals surface area contributed by atoms with E-state index in [2.05, 4.69) is 18.2 Å². The molecule has 0 bridgehead atoms. The van der Waals surface area contributed by atoms with Gasteiger partial charge in [-0.05, 0) is 31.2 Å². The summed E-state index contributed by atoms with van der Waals surface area (Å²) in [6, 6.07) is 1.98. The minimum absolute atomic E-state index is 0.0295. The van der Waals surface area contributed by atoms with Crippen molar-refractivity contribution in [1.82, 2.24) is 18.9 Å². The lowest BCUT2D eigenvalue weighted by Crippen LogP contribution is -2.44. The number of aryl methyl sites for hydroxylation is 1. The van der Waals surface area contributed by atoms with Crippen LogP contribution in [0, 0.1) is 11.3 Å². The highest BCUT2D eigenvalue weighted by molar-refractivity contribution is 5.53. The molecule has 2 aromatic heterocycles. The summed E-state index contributed by atoms with van der Waals surface area (Å²) in [7, 11) is 3.00. The topological polar surface area (TPSA) is 88.9 Å². The van der Waals surface area contributed by atoms with Crippen molar-refractivity contribution < 1.29 is 0 Å². The highest BCUT2D eigenvalue weighted by atomic mass is 16.2. The molecule has 3 rings (SSSR count). The second kappa shape index (κ2) is 6.59. The van der Waals surface area contributed by atoms with Crippen molar-refractivity contribution in [1.29, 1.82) is 5.26 Å². The van der Waals surface area contributed by atoms with Gasteiger partial charge in [0.15, 0.2) is 5.56 Å². The van der Waals surface area contributed by atoms with Crippen molar-refractivity contribution in [2.45, 2.75) is 32.2 Å². The lowest BCUT2D eigenvalue weighted by atomic mass is 9.91. The molecule has 8 heteroatoms. The first-order chi connectivity index (χ1) is 12.0. The van der Waals surface area contributed by atoms with Gasteiger partial charge >= 0.3 is 5.69 Å². The molecule has 3 heterocycles. The molecule has 0 aromatic carbocycles. The lowest BCUT2D eigenvalue weighted by molar-refractivity contribution is 0.493. The summed E-state index contributed by atoms with van der Waals surface area (Å²) in [5, 5.41) is 13.7. The van der Waals surface area contributed by atoms with E-state index in [-0.39, 0.29) is 5.56 Å². The predicted octanol–water partition coefficient (Wildman–Crippen LogP) is 0.556. The van der Waals surface area contributed by atoms with Gasteiger partial charge < -0.3 is 4.90 Å². The Hall–Kier alpha value is -2.82. The third-order valence-corrected chi connectivity index (χ3v) is 4.99. The maximum Gasteiger partial charge on any atom is 0.332 e. The molecule has 0 atom stereocenters. The van der Waals surface area contributed by atoms with Crippen LogP contribution in [0.15, 0.2) is 22.0 Å². The van der Waals surface area contributed by atoms with Crippen LogP contribution in [0.3, 0.4) is 0 Å². The van der Waals surface area contributed by atoms with E-state index in [1.807, 2.05) is 21.8 Å². The molecule has 0 amide bonds. The summed E-state index contributed by atoms with van der Waals surface area (Å²) in [5.41, 5.74) is 0.305. The van der Waals surface area contributed by atoms with Crippen molar-refractivity contribution in [2.75, 3.05) is 18.0 Å². The Kier molecular flexibility index (Phi) is 4.49. The second-order valence-corrected chi connectivity index (χ2v) is 6.41. The molecular weight excluding hydrogens is 320 g/mol. The first-order valence-electron chi connectivity index (χ1n) is 8.45. The van der Waals surface area contributed by atoms with Crippen LogP contribution in [0.2, 0.25) is 0 Å². The molecule has 0 radical (unpaired) electrons. The fraction of sp³-hybridized carbons (Fsp3) is 0.529. The molecule has 0 N–H and O–H groups in total. The molecule has 0 aliphatic carbocycles. The van der Waals surface area contributed by atoms with Gasteiger partial charge in [0.05, 0.1) is 6.20 Å². The third-order valence-electron chi connectivity index (χ3n) is 4.99. The van der Waals surface area contributed by atoms with Gasteiger partial charge in [-0.15, -0.1) is 0 Å². The van der Waals surface area contributed by atoms with Crippen LogP contribution in [-0.4, -0.2) is 32.0 Å². The van der Waals surface area contributed by atoms with Crippen LogP contribution in [0.1, 0.15) is 36.8 Å². The zero-order valence-electron chi connectivity index (χ0n) is 14.8. The minimum Gasteiger partial charge on any atom is -0.357 e. The first-order valence-corrected chi connectivity index (χ1v) is 8.45. The number of nitriles is 1. The molecular formula is C17H22N6O2. The minimum atomic E-state index is -0.535. The molecule has 0 unspecified atom stereocenters. The zero-order valence-corrected chi connectivity index (χ0v) is 14.8. The summed E-state index contributed by atoms with van der Waals surface area (Å²) < 4.78 is 4.30. The van der Waals surface area contributed by atoms with Crippen LogP contribution >= 0.6 is 0 Å². The van der Waals surface area contributed by atoms with Crippen LogP contribution in [0.25, 0.3) is 0 Å². The van der Waals surface area contributed by atoms with Gasteiger partial charge in [-0.1, -0.05) is 0 Å². The SMILES string of the molecule is CCn1cc(C2CCN(c3c(C#N)c(=O)n(C)c(=O)n3C)CC2)cn1. The zero-order chi connectivity index (χ0) is 18.1. The first kappa shape index (κ1) is 17.0. The Morgan fingerprint density at radius 2 is 1.92 bits per heavy atom. The molecule has 132 valence electrons. The van der Waals surface area contributed by atoms with E-state index in [4.69, 9.17) is 0 Å². The van der Waals surface area contributed by atoms with E-state index in [9.17, 15) is 14.9 Å². The number of hydrogen-bond acceptors (Lipinski definition) is 5. The molecule has 1 fully saturated rings. The van der Waals surface area contributed by atoms with Crippen LogP contribution < -0.4 is 16.1 Å². The maximum atomic E-state index is 12.2. The van der Waals surface area contributed by atoms with Gasteiger partial charge in [0.25, 0.3) is 5.56 Å². The largest absolute Gasteiger partial charge is 0.357 e. The van der Waals surface area contributed by atoms with Crippen LogP contribution in [-0.2, 0) is 20.6 Å². The van der Waals surface area contributed by atoms with Gasteiger partial charge in [0, 0.05) is 39.9 Å². The molecule has 1 saturated heterocycles. The van der Waals surface area contributed by atoms with E-state index in [0.29, 0.717) is 24.8 Å². The Morgan fingerprint density at radius 1 is 1.24 bits per heavy atom. The summed E-state index contributed by atoms with van der Waals surface area (Å²) in [4.78, 5) is 26.4. The van der Waals surface area contributed by atoms with Crippen molar-refractivity contribution in [2.24, 2.45) is 14.1 Å². The van der Waals surface area contributed by atoms with E-state index in [1.54, 1.807) is 7.05 Å². The Morgan fingerprint density at radius 3 is 2.48 bits per heavy atom. The van der Waals surface area contributed by atoms with Crippen molar-refractivity contribution in [3.63, 3.8) is 0 Å². The molecule has 25 heavy (non-hydrogen) atoms. The molecule has 1 aliphatic rings. The molecule has 1 aliphatic heterocycles. The van der Waals surface area contributed by atoms with Crippen LogP contribution in [0.4, 0.5) is 5.82 Å². The second-order valence-electron chi connectivity index (χ2n) is 6.41. The van der Waals surface area contributed by atoms with E-state index < -0.39 is 11.2 Å². The number of nitrogens with zero attached hydrogens (tertiary/aromatic N) is 6. The quantitative estimate of drug-likeness (QED) is 0.813. The standard InChI is InChI=1S/C17H22N6O2/c1-4-23-11-13(10-19-23)12-5-7-22(8-6-12)15-14(9-18)16(24)21(3)17(25)20(15)2/h10-12H,4-8H2,1-3H3. The van der Waals surface area contributed by atoms with E-state index >= 15 is 0 Å². The van der Waals surface area contributed by atoms with E-state index in [0.717, 1.165) is 24.0 Å². The van der Waals surface area contributed by atoms with Gasteiger partial charge in [0.1, 0.15) is 11.9 Å². The van der Waals surface area contributed by atoms with Gasteiger partial charge in [0.2, 0.25) is 0 Å². The average Bonchev–Trinajstić information content (AvgIpc) is 3.12. The fourth-order valence-corrected chi connectivity index (χ4v) is 3.49. The molecule has 8 nitrogen and oxygen atoms in total. The van der Waals surface area contributed by atoms with Gasteiger partial charge in [-0.25, -0.2) is 4.79 Å². The van der Waals surface area contributed by atoms with Gasteiger partial charge in [-0.3, -0.25) is 18.6 Å². The Bertz CT molecular complexity index is 938. The number of hydrogen-bond donors (Lipinski definition) is 0. The third kappa shape index (κ3) is 2.86. The van der Waals surface area contributed by atoms with Crippen LogP contribution in [0.5, 0.6) is 0 Å². The Balaban J connectivity index is 1.88.